The number of fused-ring (bicyclic) bond motifs is 1. The Morgan fingerprint density at radius 3 is 2.83 bits per heavy atom. The van der Waals surface area contributed by atoms with Gasteiger partial charge in [0.05, 0.1) is 19.9 Å². The highest BCUT2D eigenvalue weighted by Gasteiger charge is 2.24. The summed E-state index contributed by atoms with van der Waals surface area (Å²) in [5.74, 6) is 2.39. The molecule has 1 aliphatic rings. The first kappa shape index (κ1) is 15.0. The maximum Gasteiger partial charge on any atom is 0.209 e. The number of hydrogen-bond acceptors (Lipinski definition) is 4. The average molecular weight is 323 g/mol. The highest BCUT2D eigenvalue weighted by atomic mass is 16.5. The number of rotatable bonds is 4. The van der Waals surface area contributed by atoms with Gasteiger partial charge in [-0.1, -0.05) is 0 Å². The molecule has 0 radical (unpaired) electrons. The molecular weight excluding hydrogens is 302 g/mol. The largest absolute Gasteiger partial charge is 0.497 e. The first-order valence-corrected chi connectivity index (χ1v) is 8.23. The number of aromatic nitrogens is 2. The van der Waals surface area contributed by atoms with E-state index in [4.69, 9.17) is 9.15 Å². The molecule has 5 nitrogen and oxygen atoms in total. The van der Waals surface area contributed by atoms with E-state index in [-0.39, 0.29) is 0 Å². The molecule has 2 aromatic heterocycles. The summed E-state index contributed by atoms with van der Waals surface area (Å²) in [5, 5.41) is 0. The van der Waals surface area contributed by atoms with Gasteiger partial charge in [0.25, 0.3) is 0 Å². The minimum atomic E-state index is 0.366. The lowest BCUT2D eigenvalue weighted by molar-refractivity contribution is 0.147. The van der Waals surface area contributed by atoms with E-state index in [2.05, 4.69) is 39.7 Å². The summed E-state index contributed by atoms with van der Waals surface area (Å²) in [4.78, 5) is 6.86. The van der Waals surface area contributed by atoms with Crippen molar-refractivity contribution in [2.24, 2.45) is 0 Å². The maximum absolute atomic E-state index is 5.96. The Hall–Kier alpha value is -2.53. The van der Waals surface area contributed by atoms with E-state index < -0.39 is 0 Å². The van der Waals surface area contributed by atoms with E-state index in [1.54, 1.807) is 13.3 Å². The Labute approximate surface area is 141 Å². The fourth-order valence-electron chi connectivity index (χ4n) is 3.29. The maximum atomic E-state index is 5.96. The van der Waals surface area contributed by atoms with Crippen molar-refractivity contribution in [1.29, 1.82) is 0 Å². The molecule has 0 amide bonds. The van der Waals surface area contributed by atoms with Crippen LogP contribution in [-0.2, 0) is 13.1 Å². The fourth-order valence-corrected chi connectivity index (χ4v) is 3.29. The van der Waals surface area contributed by atoms with Crippen molar-refractivity contribution >= 4 is 0 Å². The molecule has 1 aromatic carbocycles. The van der Waals surface area contributed by atoms with Crippen molar-refractivity contribution in [3.63, 3.8) is 0 Å². The van der Waals surface area contributed by atoms with E-state index in [1.165, 1.54) is 5.69 Å². The molecule has 0 saturated carbocycles. The fraction of sp³-hybridized carbons (Fsp3) is 0.316. The predicted molar refractivity (Wildman–Crippen MR) is 91.7 cm³/mol. The zero-order valence-corrected chi connectivity index (χ0v) is 14.0. The molecule has 0 saturated heterocycles. The third kappa shape index (κ3) is 2.71. The van der Waals surface area contributed by atoms with Crippen LogP contribution in [0.15, 0.2) is 53.2 Å². The van der Waals surface area contributed by atoms with Crippen LogP contribution in [0.5, 0.6) is 5.75 Å². The van der Waals surface area contributed by atoms with Crippen LogP contribution in [0.2, 0.25) is 0 Å². The highest BCUT2D eigenvalue weighted by molar-refractivity contribution is 5.57. The zero-order valence-electron chi connectivity index (χ0n) is 14.0. The van der Waals surface area contributed by atoms with E-state index in [0.717, 1.165) is 42.6 Å². The van der Waals surface area contributed by atoms with Crippen LogP contribution < -0.4 is 4.74 Å². The van der Waals surface area contributed by atoms with Gasteiger partial charge in [-0.05, 0) is 43.3 Å². The lowest BCUT2D eigenvalue weighted by Gasteiger charge is -2.33. The molecule has 0 fully saturated rings. The third-order valence-corrected chi connectivity index (χ3v) is 4.73. The van der Waals surface area contributed by atoms with Crippen LogP contribution in [-0.4, -0.2) is 28.1 Å². The Balaban J connectivity index is 1.49. The monoisotopic (exact) mass is 323 g/mol. The molecule has 0 aliphatic carbocycles. The Morgan fingerprint density at radius 1 is 1.21 bits per heavy atom. The topological polar surface area (TPSA) is 43.4 Å². The number of nitrogens with zero attached hydrogens (tertiary/aromatic N) is 3. The van der Waals surface area contributed by atoms with Gasteiger partial charge in [0.15, 0.2) is 5.76 Å². The van der Waals surface area contributed by atoms with Crippen molar-refractivity contribution < 1.29 is 9.15 Å². The lowest BCUT2D eigenvalue weighted by atomic mass is 10.1. The normalized spacial score (nSPS) is 17.7. The first-order chi connectivity index (χ1) is 11.7. The predicted octanol–water partition coefficient (Wildman–Crippen LogP) is 3.73. The van der Waals surface area contributed by atoms with E-state index >= 15 is 0 Å². The number of benzene rings is 1. The van der Waals surface area contributed by atoms with Gasteiger partial charge in [0.1, 0.15) is 5.75 Å². The van der Waals surface area contributed by atoms with Crippen LogP contribution in [0.3, 0.4) is 0 Å². The van der Waals surface area contributed by atoms with Gasteiger partial charge in [0, 0.05) is 36.6 Å². The molecular formula is C19H21N3O2. The van der Waals surface area contributed by atoms with Crippen LogP contribution in [0.1, 0.15) is 24.6 Å². The molecule has 24 heavy (non-hydrogen) atoms. The summed E-state index contributed by atoms with van der Waals surface area (Å²) < 4.78 is 13.5. The van der Waals surface area contributed by atoms with Gasteiger partial charge in [-0.25, -0.2) is 4.98 Å². The third-order valence-electron chi connectivity index (χ3n) is 4.73. The SMILES string of the molecule is COc1ccc(-c2cnc(CN3CCn4cccc4[C@H]3C)o2)cc1. The second kappa shape index (κ2) is 6.17. The van der Waals surface area contributed by atoms with Crippen molar-refractivity contribution in [1.82, 2.24) is 14.5 Å². The summed E-state index contributed by atoms with van der Waals surface area (Å²) in [6.45, 7) is 4.97. The van der Waals surface area contributed by atoms with Crippen LogP contribution >= 0.6 is 0 Å². The molecule has 4 rings (SSSR count). The Morgan fingerprint density at radius 2 is 2.04 bits per heavy atom. The molecule has 0 unspecified atom stereocenters. The summed E-state index contributed by atoms with van der Waals surface area (Å²) >= 11 is 0. The van der Waals surface area contributed by atoms with Gasteiger partial charge in [-0.3, -0.25) is 4.90 Å². The number of methoxy groups -OCH3 is 1. The average Bonchev–Trinajstić information content (AvgIpc) is 3.27. The van der Waals surface area contributed by atoms with Gasteiger partial charge in [-0.2, -0.15) is 0 Å². The van der Waals surface area contributed by atoms with Crippen LogP contribution in [0.25, 0.3) is 11.3 Å². The molecule has 1 atom stereocenters. The van der Waals surface area contributed by atoms with Crippen LogP contribution in [0, 0.1) is 0 Å². The van der Waals surface area contributed by atoms with Gasteiger partial charge in [0.2, 0.25) is 5.89 Å². The summed E-state index contributed by atoms with van der Waals surface area (Å²) in [5.41, 5.74) is 2.36. The molecule has 0 bridgehead atoms. The molecule has 5 heteroatoms. The second-order valence-electron chi connectivity index (χ2n) is 6.12. The van der Waals surface area contributed by atoms with E-state index in [1.807, 2.05) is 24.3 Å². The van der Waals surface area contributed by atoms with Crippen molar-refractivity contribution in [2.45, 2.75) is 26.1 Å². The summed E-state index contributed by atoms with van der Waals surface area (Å²) in [6, 6.07) is 12.5. The summed E-state index contributed by atoms with van der Waals surface area (Å²) in [7, 11) is 1.66. The highest BCUT2D eigenvalue weighted by Crippen LogP contribution is 2.28. The van der Waals surface area contributed by atoms with Crippen molar-refractivity contribution in [3.8, 4) is 17.1 Å². The standard InChI is InChI=1S/C19H21N3O2/c1-14-17-4-3-9-21(17)10-11-22(14)13-19-20-12-18(24-19)15-5-7-16(23-2)8-6-15/h3-9,12,14H,10-11,13H2,1-2H3/t14-/m1/s1. The van der Waals surface area contributed by atoms with Gasteiger partial charge >= 0.3 is 0 Å². The second-order valence-corrected chi connectivity index (χ2v) is 6.12. The number of ether oxygens (including phenoxy) is 1. The Bertz CT molecular complexity index is 819. The molecule has 124 valence electrons. The Kier molecular flexibility index (Phi) is 3.86. The van der Waals surface area contributed by atoms with E-state index in [0.29, 0.717) is 6.04 Å². The molecule has 1 aliphatic heterocycles. The van der Waals surface area contributed by atoms with Crippen LogP contribution in [0.4, 0.5) is 0 Å². The van der Waals surface area contributed by atoms with Gasteiger partial charge < -0.3 is 13.7 Å². The molecule has 0 spiro atoms. The number of hydrogen-bond donors (Lipinski definition) is 0. The quantitative estimate of drug-likeness (QED) is 0.734. The molecule has 0 N–H and O–H groups in total. The minimum absolute atomic E-state index is 0.366. The molecule has 3 aromatic rings. The first-order valence-electron chi connectivity index (χ1n) is 8.23. The number of oxazole rings is 1. The zero-order chi connectivity index (χ0) is 16.5. The van der Waals surface area contributed by atoms with Crippen molar-refractivity contribution in [2.75, 3.05) is 13.7 Å². The van der Waals surface area contributed by atoms with E-state index in [9.17, 15) is 0 Å². The summed E-state index contributed by atoms with van der Waals surface area (Å²) in [6.07, 6.45) is 3.95. The van der Waals surface area contributed by atoms with Gasteiger partial charge in [-0.15, -0.1) is 0 Å². The smallest absolute Gasteiger partial charge is 0.209 e. The lowest BCUT2D eigenvalue weighted by Crippen LogP contribution is -2.35. The molecule has 3 heterocycles. The minimum Gasteiger partial charge on any atom is -0.497 e. The van der Waals surface area contributed by atoms with Crippen molar-refractivity contribution in [3.05, 3.63) is 60.4 Å².